The minimum absolute atomic E-state index is 0.0496. The molecule has 4 N–H and O–H groups in total. The standard InChI is InChI=1S/C22H27F2IN7O2/c1-22(33)7-5-14(6-8-22)25-29-21-28-20(34-2)19-18(15(24)12-32(19)31-21)13-3-4-16(30-26)17(11-13)27-10-9-23/h3-4,11-12,14,26-27,33H,5-10H2,1-2H3,(H,29,31)/q-1. The minimum atomic E-state index is -0.592. The van der Waals surface area contributed by atoms with Gasteiger partial charge < -0.3 is 0 Å². The number of anilines is 2. The van der Waals surface area contributed by atoms with Crippen molar-refractivity contribution in [2.75, 3.05) is 29.2 Å². The van der Waals surface area contributed by atoms with Gasteiger partial charge >= 0.3 is 202 Å². The van der Waals surface area contributed by atoms with Gasteiger partial charge in [0.2, 0.25) is 0 Å². The van der Waals surface area contributed by atoms with Crippen molar-refractivity contribution in [2.24, 2.45) is 5.11 Å². The van der Waals surface area contributed by atoms with Crippen LogP contribution >= 0.6 is 0 Å². The second kappa shape index (κ2) is 10.3. The summed E-state index contributed by atoms with van der Waals surface area (Å²) in [5, 5.41) is 20.9. The van der Waals surface area contributed by atoms with E-state index in [0.717, 1.165) is 25.7 Å². The molecule has 2 aromatic heterocycles. The van der Waals surface area contributed by atoms with Crippen LogP contribution in [0.1, 0.15) is 32.6 Å². The van der Waals surface area contributed by atoms with Gasteiger partial charge in [-0.05, 0) is 0 Å². The van der Waals surface area contributed by atoms with E-state index in [-0.39, 0.29) is 18.0 Å². The van der Waals surface area contributed by atoms with Gasteiger partial charge in [0.25, 0.3) is 0 Å². The van der Waals surface area contributed by atoms with Crippen molar-refractivity contribution in [1.29, 1.82) is 5.53 Å². The van der Waals surface area contributed by atoms with Crippen molar-refractivity contribution in [3.63, 3.8) is 0 Å². The molecule has 0 unspecified atom stereocenters. The summed E-state index contributed by atoms with van der Waals surface area (Å²) in [7, 11) is 1.47. The van der Waals surface area contributed by atoms with Crippen molar-refractivity contribution in [3.8, 4) is 17.0 Å². The summed E-state index contributed by atoms with van der Waals surface area (Å²) in [5.74, 6) is 0.0742. The zero-order valence-corrected chi connectivity index (χ0v) is 21.1. The molecule has 0 saturated heterocycles. The first kappa shape index (κ1) is 24.5. The number of nitrogens with one attached hydrogen (secondary N) is 3. The number of ether oxygens (including phenoxy) is 1. The normalized spacial score (nSPS) is 20.4. The van der Waals surface area contributed by atoms with Crippen LogP contribution in [0.4, 0.5) is 26.1 Å². The van der Waals surface area contributed by atoms with E-state index in [1.54, 1.807) is 18.2 Å². The van der Waals surface area contributed by atoms with Crippen LogP contribution in [0, 0.1) is 11.3 Å². The Hall–Kier alpha value is -2.61. The van der Waals surface area contributed by atoms with E-state index in [4.69, 9.17) is 10.3 Å². The third-order valence-electron chi connectivity index (χ3n) is 5.85. The molecule has 0 radical (unpaired) electrons. The Morgan fingerprint density at radius 1 is 1.38 bits per heavy atom. The molecule has 0 bridgehead atoms. The SMILES string of the molecule is COc1nc(N[I-]C2CCC(C)(O)CC2)nn2cc(F)c(-c3ccc(N=N)c(NCCF)c3)c12. The van der Waals surface area contributed by atoms with Crippen molar-refractivity contribution >= 4 is 22.8 Å². The van der Waals surface area contributed by atoms with Gasteiger partial charge in [0.15, 0.2) is 0 Å². The molecule has 2 heterocycles. The number of benzene rings is 1. The van der Waals surface area contributed by atoms with Crippen molar-refractivity contribution < 1.29 is 40.1 Å². The van der Waals surface area contributed by atoms with E-state index in [1.165, 1.54) is 17.8 Å². The number of fused-ring (bicyclic) bond motifs is 1. The zero-order chi connectivity index (χ0) is 24.3. The van der Waals surface area contributed by atoms with Gasteiger partial charge in [-0.1, -0.05) is 0 Å². The Morgan fingerprint density at radius 3 is 2.82 bits per heavy atom. The topological polar surface area (TPSA) is 120 Å². The van der Waals surface area contributed by atoms with E-state index in [1.807, 2.05) is 6.92 Å². The van der Waals surface area contributed by atoms with E-state index in [0.29, 0.717) is 32.3 Å². The van der Waals surface area contributed by atoms with Gasteiger partial charge in [0.1, 0.15) is 0 Å². The molecule has 1 aromatic carbocycles. The Balaban J connectivity index is 1.64. The van der Waals surface area contributed by atoms with Crippen LogP contribution in [0.5, 0.6) is 5.88 Å². The summed E-state index contributed by atoms with van der Waals surface area (Å²) >= 11 is -0.470. The summed E-state index contributed by atoms with van der Waals surface area (Å²) in [5.41, 5.74) is 8.60. The molecule has 0 amide bonds. The summed E-state index contributed by atoms with van der Waals surface area (Å²) in [4.78, 5) is 4.47. The molecule has 0 spiro atoms. The Kier molecular flexibility index (Phi) is 7.45. The first-order valence-electron chi connectivity index (χ1n) is 10.9. The molecule has 3 aromatic rings. The predicted molar refractivity (Wildman–Crippen MR) is 121 cm³/mol. The molecule has 4 rings (SSSR count). The Morgan fingerprint density at radius 2 is 2.15 bits per heavy atom. The van der Waals surface area contributed by atoms with Gasteiger partial charge in [-0.3, -0.25) is 0 Å². The van der Waals surface area contributed by atoms with Gasteiger partial charge in [-0.25, -0.2) is 4.39 Å². The van der Waals surface area contributed by atoms with Crippen LogP contribution in [0.2, 0.25) is 0 Å². The number of methoxy groups -OCH3 is 1. The number of nitrogens with zero attached hydrogens (tertiary/aromatic N) is 4. The van der Waals surface area contributed by atoms with Gasteiger partial charge in [-0.15, -0.1) is 0 Å². The van der Waals surface area contributed by atoms with Crippen LogP contribution in [-0.2, 0) is 0 Å². The monoisotopic (exact) mass is 586 g/mol. The second-order valence-corrected chi connectivity index (χ2v) is 11.3. The van der Waals surface area contributed by atoms with E-state index in [9.17, 15) is 9.50 Å². The van der Waals surface area contributed by atoms with Crippen LogP contribution in [0.3, 0.4) is 0 Å². The maximum absolute atomic E-state index is 15.1. The van der Waals surface area contributed by atoms with Gasteiger partial charge in [0.05, 0.1) is 0 Å². The third kappa shape index (κ3) is 5.22. The average molecular weight is 586 g/mol. The van der Waals surface area contributed by atoms with Crippen LogP contribution in [0.15, 0.2) is 29.5 Å². The molecule has 1 fully saturated rings. The van der Waals surface area contributed by atoms with Gasteiger partial charge in [-0.2, -0.15) is 0 Å². The average Bonchev–Trinajstić information content (AvgIpc) is 3.16. The summed E-state index contributed by atoms with van der Waals surface area (Å²) in [6, 6.07) is 4.83. The molecule has 34 heavy (non-hydrogen) atoms. The maximum atomic E-state index is 15.1. The van der Waals surface area contributed by atoms with Crippen LogP contribution in [-0.4, -0.2) is 49.6 Å². The fourth-order valence-corrected chi connectivity index (χ4v) is 6.22. The van der Waals surface area contributed by atoms with Gasteiger partial charge in [0, 0.05) is 0 Å². The summed E-state index contributed by atoms with van der Waals surface area (Å²) in [6.45, 7) is 1.34. The van der Waals surface area contributed by atoms with Crippen molar-refractivity contribution in [2.45, 2.75) is 42.1 Å². The first-order valence-corrected chi connectivity index (χ1v) is 13.2. The van der Waals surface area contributed by atoms with Crippen molar-refractivity contribution in [1.82, 2.24) is 14.6 Å². The van der Waals surface area contributed by atoms with E-state index >= 15 is 4.39 Å². The summed E-state index contributed by atoms with van der Waals surface area (Å²) in [6.07, 6.45) is 4.74. The number of halogens is 3. The van der Waals surface area contributed by atoms with Crippen molar-refractivity contribution in [3.05, 3.63) is 30.2 Å². The van der Waals surface area contributed by atoms with E-state index < -0.39 is 39.6 Å². The number of hydrogen-bond acceptors (Lipinski definition) is 8. The predicted octanol–water partition coefficient (Wildman–Crippen LogP) is 1.70. The number of aliphatic hydroxyl groups is 1. The number of rotatable bonds is 9. The molecule has 9 nitrogen and oxygen atoms in total. The first-order chi connectivity index (χ1) is 16.3. The molecule has 1 aliphatic carbocycles. The molecular weight excluding hydrogens is 559 g/mol. The Labute approximate surface area is 206 Å². The molecule has 1 aliphatic rings. The fourth-order valence-electron chi connectivity index (χ4n) is 4.03. The Bertz CT molecular complexity index is 1180. The number of aromatic nitrogens is 3. The quantitative estimate of drug-likeness (QED) is 0.131. The molecule has 12 heteroatoms. The third-order valence-corrected chi connectivity index (χ3v) is 8.77. The van der Waals surface area contributed by atoms with Crippen LogP contribution < -0.4 is 35.1 Å². The molecule has 1 saturated carbocycles. The molecular formula is C22H27F2IN7O2-. The summed E-state index contributed by atoms with van der Waals surface area (Å²) < 4.78 is 38.5. The zero-order valence-electron chi connectivity index (χ0n) is 18.9. The fraction of sp³-hybridized carbons (Fsp3) is 0.455. The van der Waals surface area contributed by atoms with E-state index in [2.05, 4.69) is 24.0 Å². The number of alkyl halides is 2. The molecule has 0 atom stereocenters. The van der Waals surface area contributed by atoms with Crippen LogP contribution in [0.25, 0.3) is 16.6 Å². The second-order valence-electron chi connectivity index (χ2n) is 8.42. The number of hydrogen-bond donors (Lipinski definition) is 4. The molecule has 0 aliphatic heterocycles. The molecule has 184 valence electrons.